The third kappa shape index (κ3) is 2.34. The summed E-state index contributed by atoms with van der Waals surface area (Å²) in [7, 11) is 0. The molecule has 0 fully saturated rings. The minimum Gasteiger partial charge on any atom is -0.456 e. The van der Waals surface area contributed by atoms with E-state index in [2.05, 4.69) is 115 Å². The molecule has 0 N–H and O–H groups in total. The van der Waals surface area contributed by atoms with Crippen LogP contribution in [-0.2, 0) is 5.41 Å². The third-order valence-electron chi connectivity index (χ3n) is 8.00. The molecule has 1 aliphatic carbocycles. The van der Waals surface area contributed by atoms with E-state index in [0.717, 1.165) is 11.2 Å². The van der Waals surface area contributed by atoms with Crippen LogP contribution in [0.4, 0.5) is 0 Å². The molecule has 7 aromatic rings. The second-order valence-corrected chi connectivity index (χ2v) is 10.2. The zero-order valence-corrected chi connectivity index (χ0v) is 19.7. The van der Waals surface area contributed by atoms with Gasteiger partial charge in [0.25, 0.3) is 0 Å². The molecule has 0 saturated carbocycles. The van der Waals surface area contributed by atoms with Crippen molar-refractivity contribution in [2.75, 3.05) is 0 Å². The van der Waals surface area contributed by atoms with Crippen LogP contribution in [0.15, 0.2) is 108 Å². The average molecular weight is 450 g/mol. The summed E-state index contributed by atoms with van der Waals surface area (Å²) in [5.41, 5.74) is 11.0. The molecular formula is C33H23NO. The lowest BCUT2D eigenvalue weighted by molar-refractivity contribution is 0.660. The smallest absolute Gasteiger partial charge is 0.136 e. The van der Waals surface area contributed by atoms with Crippen LogP contribution in [0.3, 0.4) is 0 Å². The fourth-order valence-corrected chi connectivity index (χ4v) is 6.40. The summed E-state index contributed by atoms with van der Waals surface area (Å²) in [5.74, 6) is 0. The van der Waals surface area contributed by atoms with E-state index in [1.54, 1.807) is 0 Å². The Kier molecular flexibility index (Phi) is 3.50. The van der Waals surface area contributed by atoms with E-state index in [1.807, 2.05) is 6.07 Å². The molecule has 166 valence electrons. The van der Waals surface area contributed by atoms with Crippen molar-refractivity contribution in [1.29, 1.82) is 0 Å². The van der Waals surface area contributed by atoms with Crippen molar-refractivity contribution in [3.05, 3.63) is 114 Å². The molecular weight excluding hydrogens is 426 g/mol. The highest BCUT2D eigenvalue weighted by molar-refractivity contribution is 6.27. The van der Waals surface area contributed by atoms with Gasteiger partial charge in [-0.15, -0.1) is 0 Å². The molecule has 2 aromatic heterocycles. The molecule has 2 heterocycles. The number of rotatable bonds is 1. The molecule has 0 amide bonds. The minimum absolute atomic E-state index is 0.00710. The van der Waals surface area contributed by atoms with Crippen LogP contribution in [0.2, 0.25) is 0 Å². The van der Waals surface area contributed by atoms with Gasteiger partial charge >= 0.3 is 0 Å². The van der Waals surface area contributed by atoms with E-state index in [0.29, 0.717) is 0 Å². The summed E-state index contributed by atoms with van der Waals surface area (Å²) in [5, 5.41) is 4.87. The van der Waals surface area contributed by atoms with Crippen molar-refractivity contribution in [1.82, 2.24) is 4.57 Å². The van der Waals surface area contributed by atoms with Crippen LogP contribution in [0.5, 0.6) is 0 Å². The number of nitrogens with zero attached hydrogens (tertiary/aromatic N) is 1. The van der Waals surface area contributed by atoms with Gasteiger partial charge in [0.2, 0.25) is 0 Å². The fourth-order valence-electron chi connectivity index (χ4n) is 6.40. The normalized spacial score (nSPS) is 14.2. The predicted octanol–water partition coefficient (Wildman–Crippen LogP) is 8.99. The van der Waals surface area contributed by atoms with Gasteiger partial charge in [0.1, 0.15) is 11.2 Å². The fraction of sp³-hybridized carbons (Fsp3) is 0.0909. The van der Waals surface area contributed by atoms with Crippen molar-refractivity contribution in [2.45, 2.75) is 19.3 Å². The van der Waals surface area contributed by atoms with Crippen LogP contribution in [0.1, 0.15) is 25.0 Å². The summed E-state index contributed by atoms with van der Waals surface area (Å²) in [6.07, 6.45) is 0. The highest BCUT2D eigenvalue weighted by Gasteiger charge is 2.35. The van der Waals surface area contributed by atoms with Gasteiger partial charge in [-0.1, -0.05) is 80.6 Å². The number of fused-ring (bicyclic) bond motifs is 10. The molecule has 0 aliphatic heterocycles. The van der Waals surface area contributed by atoms with Crippen molar-refractivity contribution in [3.8, 4) is 16.8 Å². The average Bonchev–Trinajstić information content (AvgIpc) is 3.50. The van der Waals surface area contributed by atoms with Crippen LogP contribution in [0.25, 0.3) is 60.6 Å². The Morgan fingerprint density at radius 1 is 0.571 bits per heavy atom. The van der Waals surface area contributed by atoms with Crippen molar-refractivity contribution < 1.29 is 4.42 Å². The van der Waals surface area contributed by atoms with Crippen LogP contribution >= 0.6 is 0 Å². The molecule has 0 unspecified atom stereocenters. The first-order valence-corrected chi connectivity index (χ1v) is 12.2. The van der Waals surface area contributed by atoms with Gasteiger partial charge < -0.3 is 8.98 Å². The van der Waals surface area contributed by atoms with E-state index in [4.69, 9.17) is 4.42 Å². The Hall–Kier alpha value is -4.30. The van der Waals surface area contributed by atoms with Gasteiger partial charge in [-0.25, -0.2) is 0 Å². The molecule has 5 aromatic carbocycles. The van der Waals surface area contributed by atoms with Crippen molar-refractivity contribution >= 4 is 43.7 Å². The van der Waals surface area contributed by atoms with Gasteiger partial charge in [0, 0.05) is 32.6 Å². The van der Waals surface area contributed by atoms with E-state index in [1.165, 1.54) is 60.5 Å². The Morgan fingerprint density at radius 2 is 1.31 bits per heavy atom. The van der Waals surface area contributed by atoms with Gasteiger partial charge in [0.05, 0.1) is 11.0 Å². The highest BCUT2D eigenvalue weighted by Crippen LogP contribution is 2.49. The lowest BCUT2D eigenvalue weighted by atomic mass is 9.82. The van der Waals surface area contributed by atoms with Crippen LogP contribution in [-0.4, -0.2) is 4.57 Å². The maximum absolute atomic E-state index is 6.24. The first-order chi connectivity index (χ1) is 17.1. The highest BCUT2D eigenvalue weighted by atomic mass is 16.3. The lowest BCUT2D eigenvalue weighted by Gasteiger charge is -2.21. The van der Waals surface area contributed by atoms with Crippen molar-refractivity contribution in [3.63, 3.8) is 0 Å². The monoisotopic (exact) mass is 449 g/mol. The Morgan fingerprint density at radius 3 is 2.23 bits per heavy atom. The summed E-state index contributed by atoms with van der Waals surface area (Å²) in [6, 6.07) is 37.3. The standard InChI is InChI=1S/C33H23NO/c1-33(2)25-12-6-3-9-21(25)24-19-20(15-16-26(24)33)34-27-13-7-4-10-22(27)31-28(34)17-18-30-32(31)23-11-5-8-14-29(23)35-30/h3-19H,1-2H3. The molecule has 0 radical (unpaired) electrons. The van der Waals surface area contributed by atoms with Gasteiger partial charge in [-0.05, 0) is 58.7 Å². The second-order valence-electron chi connectivity index (χ2n) is 10.2. The molecule has 0 atom stereocenters. The number of benzene rings is 5. The number of hydrogen-bond donors (Lipinski definition) is 0. The Labute approximate surface area is 203 Å². The summed E-state index contributed by atoms with van der Waals surface area (Å²) in [4.78, 5) is 0. The number of furan rings is 1. The molecule has 0 saturated heterocycles. The largest absolute Gasteiger partial charge is 0.456 e. The topological polar surface area (TPSA) is 18.1 Å². The summed E-state index contributed by atoms with van der Waals surface area (Å²) < 4.78 is 8.65. The van der Waals surface area contributed by atoms with E-state index >= 15 is 0 Å². The number of para-hydroxylation sites is 2. The maximum atomic E-state index is 6.24. The molecule has 0 spiro atoms. The summed E-state index contributed by atoms with van der Waals surface area (Å²) >= 11 is 0. The second kappa shape index (κ2) is 6.43. The summed E-state index contributed by atoms with van der Waals surface area (Å²) in [6.45, 7) is 4.66. The van der Waals surface area contributed by atoms with Crippen LogP contribution < -0.4 is 0 Å². The third-order valence-corrected chi connectivity index (χ3v) is 8.00. The Balaban J connectivity index is 1.50. The molecule has 2 nitrogen and oxygen atoms in total. The van der Waals surface area contributed by atoms with Crippen LogP contribution in [0, 0.1) is 0 Å². The molecule has 8 rings (SSSR count). The predicted molar refractivity (Wildman–Crippen MR) is 146 cm³/mol. The zero-order valence-electron chi connectivity index (χ0n) is 19.7. The molecule has 0 bridgehead atoms. The zero-order chi connectivity index (χ0) is 23.3. The van der Waals surface area contributed by atoms with Gasteiger partial charge in [-0.3, -0.25) is 0 Å². The van der Waals surface area contributed by atoms with E-state index < -0.39 is 0 Å². The van der Waals surface area contributed by atoms with E-state index in [-0.39, 0.29) is 5.41 Å². The SMILES string of the molecule is CC1(C)c2ccccc2-c2cc(-n3c4ccccc4c4c5c(ccc43)oc3ccccc35)ccc21. The number of hydrogen-bond acceptors (Lipinski definition) is 1. The first kappa shape index (κ1) is 19.1. The van der Waals surface area contributed by atoms with E-state index in [9.17, 15) is 0 Å². The maximum Gasteiger partial charge on any atom is 0.136 e. The molecule has 1 aliphatic rings. The Bertz CT molecular complexity index is 1980. The van der Waals surface area contributed by atoms with Crippen molar-refractivity contribution in [2.24, 2.45) is 0 Å². The van der Waals surface area contributed by atoms with Gasteiger partial charge in [-0.2, -0.15) is 0 Å². The molecule has 35 heavy (non-hydrogen) atoms. The molecule has 2 heteroatoms. The minimum atomic E-state index is 0.00710. The number of aromatic nitrogens is 1. The van der Waals surface area contributed by atoms with Gasteiger partial charge in [0.15, 0.2) is 0 Å². The first-order valence-electron chi connectivity index (χ1n) is 12.2. The lowest BCUT2D eigenvalue weighted by Crippen LogP contribution is -2.14. The quantitative estimate of drug-likeness (QED) is 0.244.